The van der Waals surface area contributed by atoms with Crippen molar-refractivity contribution in [3.05, 3.63) is 218 Å². The van der Waals surface area contributed by atoms with Crippen molar-refractivity contribution < 1.29 is 39.3 Å². The van der Waals surface area contributed by atoms with Gasteiger partial charge in [0.1, 0.15) is 31.8 Å². The number of aromatic nitrogens is 1. The van der Waals surface area contributed by atoms with Crippen molar-refractivity contribution in [1.29, 1.82) is 0 Å². The number of nitrogens with one attached hydrogen (secondary N) is 1. The number of nitrogens with zero attached hydrogens (tertiary/aromatic N) is 1. The van der Waals surface area contributed by atoms with Crippen LogP contribution in [-0.4, -0.2) is 27.1 Å². The minimum Gasteiger partial charge on any atom is -0.672 e. The second-order valence-electron chi connectivity index (χ2n) is 15.6. The summed E-state index contributed by atoms with van der Waals surface area (Å²) in [5.41, 5.74) is 6.54. The van der Waals surface area contributed by atoms with E-state index < -0.39 is 38.6 Å². The molecule has 0 amide bonds. The summed E-state index contributed by atoms with van der Waals surface area (Å²) in [5.74, 6) is -1.51. The topological polar surface area (TPSA) is 111 Å². The normalized spacial score (nSPS) is 10.4. The Bertz CT molecular complexity index is 1880. The Labute approximate surface area is 378 Å². The molecular weight excluding hydrogens is 880 g/mol. The van der Waals surface area contributed by atoms with Gasteiger partial charge < -0.3 is 15.9 Å². The predicted molar refractivity (Wildman–Crippen MR) is 260 cm³/mol. The van der Waals surface area contributed by atoms with E-state index in [1.807, 2.05) is 18.2 Å². The number of carbonyl (C=O) groups is 2. The molecule has 7 aromatic rings. The first-order valence-corrected chi connectivity index (χ1v) is 22.8. The number of carboxylic acids is 2. The van der Waals surface area contributed by atoms with Gasteiger partial charge in [-0.05, 0) is 126 Å². The summed E-state index contributed by atoms with van der Waals surface area (Å²) < 4.78 is 0. The number of pyridine rings is 1. The zero-order chi connectivity index (χ0) is 43.8. The van der Waals surface area contributed by atoms with Gasteiger partial charge in [0, 0.05) is 11.9 Å². The van der Waals surface area contributed by atoms with E-state index in [0.717, 1.165) is 5.69 Å². The molecule has 0 unspecified atom stereocenters. The van der Waals surface area contributed by atoms with Gasteiger partial charge in [-0.3, -0.25) is 14.6 Å². The molecule has 9 heteroatoms. The average Bonchev–Trinajstić information content (AvgIpc) is 3.27. The molecule has 7 rings (SSSR count). The van der Waals surface area contributed by atoms with Crippen LogP contribution in [0.2, 0.25) is 0 Å². The van der Waals surface area contributed by atoms with Crippen LogP contribution in [0, 0.1) is 10.8 Å². The van der Waals surface area contributed by atoms with Crippen LogP contribution in [0.1, 0.15) is 47.2 Å². The van der Waals surface area contributed by atoms with E-state index in [-0.39, 0.29) is 26.0 Å². The van der Waals surface area contributed by atoms with E-state index in [1.165, 1.54) is 31.8 Å². The Morgan fingerprint density at radius 1 is 0.426 bits per heavy atom. The number of rotatable bonds is 7. The summed E-state index contributed by atoms with van der Waals surface area (Å²) in [6, 6.07) is 70.6. The smallest absolute Gasteiger partial charge is 0.672 e. The van der Waals surface area contributed by atoms with Gasteiger partial charge in [0.2, 0.25) is 0 Å². The fraction of sp³-hybridized carbons (Fsp3) is 0.173. The van der Waals surface area contributed by atoms with Crippen LogP contribution in [0.3, 0.4) is 0 Å². The van der Waals surface area contributed by atoms with Crippen molar-refractivity contribution in [3.8, 4) is 0 Å². The maximum Gasteiger partial charge on any atom is 1.00 e. The molecule has 0 saturated heterocycles. The average molecular weight is 939 g/mol. The third-order valence-electron chi connectivity index (χ3n) is 8.57. The van der Waals surface area contributed by atoms with Gasteiger partial charge in [-0.15, -0.1) is 6.54 Å². The van der Waals surface area contributed by atoms with Crippen molar-refractivity contribution in [3.63, 3.8) is 0 Å². The standard InChI is InChI=1S/2C18H15P.C6H7N2.2C5H10O2.Ru/c2*1-4-10-16(11-5-1)19(17-12-6-2-7-13-17)18-14-8-3-9-15-18;7-5-6-3-1-2-4-8-6;2*1-5(2,3)4(6)7;/h2*1-15H;1-4,7H,5H2;2*1-3H3,(H,6,7);/q;;-1;;;+1/p+2. The Balaban J connectivity index is 0.000000284. The Morgan fingerprint density at radius 3 is 0.754 bits per heavy atom. The largest absolute Gasteiger partial charge is 1.00 e. The maximum absolute atomic E-state index is 10.0. The second kappa shape index (κ2) is 27.6. The quantitative estimate of drug-likeness (QED) is 0.122. The van der Waals surface area contributed by atoms with Crippen LogP contribution in [0.25, 0.3) is 5.73 Å². The van der Waals surface area contributed by atoms with Crippen molar-refractivity contribution in [1.82, 2.24) is 4.98 Å². The van der Waals surface area contributed by atoms with Crippen molar-refractivity contribution >= 4 is 59.6 Å². The van der Waals surface area contributed by atoms with E-state index >= 15 is 0 Å². The first-order chi connectivity index (χ1) is 28.7. The van der Waals surface area contributed by atoms with Crippen LogP contribution < -0.4 is 31.8 Å². The summed E-state index contributed by atoms with van der Waals surface area (Å²) >= 11 is 0. The Hall–Kier alpha value is -5.15. The van der Waals surface area contributed by atoms with Gasteiger partial charge in [-0.25, -0.2) is 0 Å². The number of hydrogen-bond acceptors (Lipinski definition) is 3. The number of hydrogen-bond donors (Lipinski definition) is 2. The zero-order valence-corrected chi connectivity index (χ0v) is 39.6. The molecule has 0 aliphatic heterocycles. The van der Waals surface area contributed by atoms with Gasteiger partial charge in [-0.1, -0.05) is 115 Å². The second-order valence-corrected chi connectivity index (χ2v) is 20.5. The number of carboxylic acid groups (broad SMARTS) is 2. The van der Waals surface area contributed by atoms with Crippen molar-refractivity contribution in [2.24, 2.45) is 10.8 Å². The summed E-state index contributed by atoms with van der Waals surface area (Å²) in [4.78, 5) is 24.0. The van der Waals surface area contributed by atoms with E-state index in [0.29, 0.717) is 0 Å². The van der Waals surface area contributed by atoms with E-state index in [4.69, 9.17) is 15.9 Å². The molecule has 0 saturated carbocycles. The van der Waals surface area contributed by atoms with Crippen molar-refractivity contribution in [2.45, 2.75) is 48.1 Å². The van der Waals surface area contributed by atoms with E-state index in [2.05, 4.69) is 187 Å². The summed E-state index contributed by atoms with van der Waals surface area (Å²) in [5, 5.41) is 25.1. The minimum absolute atomic E-state index is 0. The van der Waals surface area contributed by atoms with E-state index in [9.17, 15) is 9.59 Å². The van der Waals surface area contributed by atoms with Gasteiger partial charge in [0.05, 0.1) is 26.7 Å². The molecular formula is C52H59N2O4P2Ru+2. The number of benzene rings is 6. The van der Waals surface area contributed by atoms with Crippen LogP contribution >= 0.6 is 15.8 Å². The zero-order valence-electron chi connectivity index (χ0n) is 35.8. The molecule has 1 radical (unpaired) electrons. The molecule has 3 N–H and O–H groups in total. The van der Waals surface area contributed by atoms with Crippen molar-refractivity contribution in [2.75, 3.05) is 0 Å². The summed E-state index contributed by atoms with van der Waals surface area (Å²) in [6.07, 6.45) is 1.70. The maximum atomic E-state index is 10.0. The van der Waals surface area contributed by atoms with Crippen LogP contribution in [0.4, 0.5) is 0 Å². The SMILES string of the molecule is CC(C)(C)C(=O)O.CC(C)(C)C(=O)O.[NH-]Cc1ccccn1.[Ru+].c1ccc([PH+](c2ccccc2)c2ccccc2)cc1.c1ccc([PH+](c2ccccc2)c2ccccc2)cc1. The molecule has 6 nitrogen and oxygen atoms in total. The van der Waals surface area contributed by atoms with Gasteiger partial charge in [0.25, 0.3) is 0 Å². The summed E-state index contributed by atoms with van der Waals surface area (Å²) in [7, 11) is -1.75. The van der Waals surface area contributed by atoms with Gasteiger partial charge >= 0.3 is 31.4 Å². The molecule has 0 spiro atoms. The molecule has 317 valence electrons. The molecule has 6 aromatic carbocycles. The molecule has 1 aromatic heterocycles. The van der Waals surface area contributed by atoms with Crippen LogP contribution in [-0.2, 0) is 35.6 Å². The molecule has 0 bridgehead atoms. The third-order valence-corrected chi connectivity index (χ3v) is 14.0. The van der Waals surface area contributed by atoms with Crippen LogP contribution in [0.5, 0.6) is 0 Å². The van der Waals surface area contributed by atoms with Gasteiger partial charge in [-0.2, -0.15) is 0 Å². The fourth-order valence-corrected chi connectivity index (χ4v) is 10.3. The molecule has 0 aliphatic carbocycles. The first-order valence-electron chi connectivity index (χ1n) is 19.8. The Kier molecular flexibility index (Phi) is 23.6. The van der Waals surface area contributed by atoms with Crippen LogP contribution in [0.15, 0.2) is 206 Å². The molecule has 0 aliphatic rings. The Morgan fingerprint density at radius 2 is 0.623 bits per heavy atom. The number of aliphatic carboxylic acids is 2. The predicted octanol–water partition coefficient (Wildman–Crippen LogP) is 10.2. The van der Waals surface area contributed by atoms with E-state index in [1.54, 1.807) is 47.7 Å². The molecule has 61 heavy (non-hydrogen) atoms. The first kappa shape index (κ1) is 52.0. The minimum atomic E-state index is -0.877. The molecule has 0 atom stereocenters. The molecule has 0 fully saturated rings. The third kappa shape index (κ3) is 19.4. The fourth-order valence-electron chi connectivity index (χ4n) is 5.13. The summed E-state index contributed by atoms with van der Waals surface area (Å²) in [6.45, 7) is 10.3. The monoisotopic (exact) mass is 939 g/mol. The molecule has 1 heterocycles. The van der Waals surface area contributed by atoms with Gasteiger partial charge in [0.15, 0.2) is 0 Å².